The number of hydrogen-bond acceptors (Lipinski definition) is 2. The first-order valence-electron chi connectivity index (χ1n) is 4.63. The van der Waals surface area contributed by atoms with Gasteiger partial charge in [-0.1, -0.05) is 11.6 Å². The van der Waals surface area contributed by atoms with Gasteiger partial charge in [0.2, 0.25) is 0 Å². The van der Waals surface area contributed by atoms with Crippen molar-refractivity contribution in [1.29, 1.82) is 0 Å². The fourth-order valence-electron chi connectivity index (χ4n) is 1.60. The van der Waals surface area contributed by atoms with Crippen LogP contribution in [0.1, 0.15) is 0 Å². The second-order valence-electron chi connectivity index (χ2n) is 3.30. The Balaban J connectivity index is 2.29. The van der Waals surface area contributed by atoms with Crippen LogP contribution in [0.5, 0.6) is 0 Å². The van der Waals surface area contributed by atoms with E-state index in [0.29, 0.717) is 0 Å². The van der Waals surface area contributed by atoms with Gasteiger partial charge in [-0.15, -0.1) is 11.3 Å². The second kappa shape index (κ2) is 3.87. The molecule has 3 rings (SSSR count). The number of thiophene rings is 1. The molecule has 0 unspecified atom stereocenters. The molecule has 0 N–H and O–H groups in total. The number of fused-ring (bicyclic) bond motifs is 1. The van der Waals surface area contributed by atoms with E-state index >= 15 is 0 Å². The molecular weight excluding hydrogens is 308 g/mol. The molecule has 80 valence electrons. The number of pyridine rings is 1. The summed E-state index contributed by atoms with van der Waals surface area (Å²) in [7, 11) is 0. The maximum absolute atomic E-state index is 6.10. The zero-order valence-corrected chi connectivity index (χ0v) is 11.2. The summed E-state index contributed by atoms with van der Waals surface area (Å²) in [5.74, 6) is 0.924. The minimum atomic E-state index is 0.719. The molecule has 2 nitrogen and oxygen atoms in total. The van der Waals surface area contributed by atoms with Crippen LogP contribution in [0.15, 0.2) is 40.4 Å². The summed E-state index contributed by atoms with van der Waals surface area (Å²) in [5, 5.41) is 0.719. The molecule has 0 atom stereocenters. The quantitative estimate of drug-likeness (QED) is 0.647. The highest BCUT2D eigenvalue weighted by Crippen LogP contribution is 2.31. The number of rotatable bonds is 1. The zero-order chi connectivity index (χ0) is 11.1. The maximum Gasteiger partial charge on any atom is 0.154 e. The smallest absolute Gasteiger partial charge is 0.154 e. The van der Waals surface area contributed by atoms with Crippen molar-refractivity contribution in [3.63, 3.8) is 0 Å². The fourth-order valence-corrected chi connectivity index (χ4v) is 3.20. The molecule has 3 aromatic heterocycles. The first-order chi connectivity index (χ1) is 7.75. The van der Waals surface area contributed by atoms with Crippen LogP contribution in [0.25, 0.3) is 16.2 Å². The Kier molecular flexibility index (Phi) is 2.50. The Morgan fingerprint density at radius 2 is 2.19 bits per heavy atom. The maximum atomic E-state index is 6.10. The number of aromatic nitrogens is 2. The third-order valence-electron chi connectivity index (χ3n) is 2.31. The van der Waals surface area contributed by atoms with Crippen LogP contribution in [0, 0.1) is 0 Å². The summed E-state index contributed by atoms with van der Waals surface area (Å²) in [4.78, 5) is 5.53. The van der Waals surface area contributed by atoms with Crippen molar-refractivity contribution in [2.24, 2.45) is 0 Å². The average molecular weight is 314 g/mol. The number of imidazole rings is 1. The van der Waals surface area contributed by atoms with Crippen LogP contribution in [0.3, 0.4) is 0 Å². The van der Waals surface area contributed by atoms with Crippen molar-refractivity contribution in [3.05, 3.63) is 45.5 Å². The summed E-state index contributed by atoms with van der Waals surface area (Å²) in [6.07, 6.45) is 3.77. The van der Waals surface area contributed by atoms with Crippen LogP contribution in [-0.4, -0.2) is 9.38 Å². The van der Waals surface area contributed by atoms with Gasteiger partial charge in [0.1, 0.15) is 0 Å². The van der Waals surface area contributed by atoms with Crippen molar-refractivity contribution < 1.29 is 0 Å². The first-order valence-corrected chi connectivity index (χ1v) is 6.62. The molecule has 0 radical (unpaired) electrons. The fraction of sp³-hybridized carbons (Fsp3) is 0. The van der Waals surface area contributed by atoms with Gasteiger partial charge >= 0.3 is 0 Å². The van der Waals surface area contributed by atoms with Crippen LogP contribution in [0.4, 0.5) is 0 Å². The molecule has 16 heavy (non-hydrogen) atoms. The van der Waals surface area contributed by atoms with Crippen LogP contribution < -0.4 is 0 Å². The Morgan fingerprint density at radius 3 is 2.94 bits per heavy atom. The van der Waals surface area contributed by atoms with Crippen LogP contribution >= 0.6 is 38.9 Å². The Labute approximate surface area is 110 Å². The number of hydrogen-bond donors (Lipinski definition) is 0. The highest BCUT2D eigenvalue weighted by atomic mass is 79.9. The Hall–Kier alpha value is -0.840. The third kappa shape index (κ3) is 1.57. The average Bonchev–Trinajstić information content (AvgIpc) is 2.84. The topological polar surface area (TPSA) is 17.3 Å². The zero-order valence-electron chi connectivity index (χ0n) is 8.02. The normalized spacial score (nSPS) is 11.1. The predicted molar refractivity (Wildman–Crippen MR) is 71.2 cm³/mol. The number of halogens is 2. The van der Waals surface area contributed by atoms with Gasteiger partial charge in [-0.25, -0.2) is 4.98 Å². The molecule has 0 aliphatic heterocycles. The molecule has 3 heterocycles. The van der Waals surface area contributed by atoms with Crippen LogP contribution in [-0.2, 0) is 0 Å². The molecule has 3 aromatic rings. The molecule has 0 saturated heterocycles. The summed E-state index contributed by atoms with van der Waals surface area (Å²) < 4.78 is 3.10. The van der Waals surface area contributed by atoms with E-state index in [1.165, 1.54) is 0 Å². The van der Waals surface area contributed by atoms with Gasteiger partial charge in [-0.05, 0) is 40.2 Å². The summed E-state index contributed by atoms with van der Waals surface area (Å²) in [6.45, 7) is 0. The van der Waals surface area contributed by atoms with Gasteiger partial charge in [0, 0.05) is 6.20 Å². The molecular formula is C11H6BrClN2S. The first kappa shape index (κ1) is 10.3. The Bertz CT molecular complexity index is 659. The van der Waals surface area contributed by atoms with E-state index in [9.17, 15) is 0 Å². The lowest BCUT2D eigenvalue weighted by Gasteiger charge is -1.99. The van der Waals surface area contributed by atoms with Crippen molar-refractivity contribution in [2.75, 3.05) is 0 Å². The van der Waals surface area contributed by atoms with Crippen LogP contribution in [0.2, 0.25) is 5.02 Å². The molecule has 0 saturated carbocycles. The van der Waals surface area contributed by atoms with Crippen molar-refractivity contribution in [1.82, 2.24) is 9.38 Å². The third-order valence-corrected chi connectivity index (χ3v) is 4.25. The molecule has 0 aromatic carbocycles. The number of nitrogens with zero attached hydrogens (tertiary/aromatic N) is 2. The minimum absolute atomic E-state index is 0.719. The molecule has 0 bridgehead atoms. The monoisotopic (exact) mass is 312 g/mol. The molecule has 0 spiro atoms. The van der Waals surface area contributed by atoms with Crippen molar-refractivity contribution >= 4 is 44.4 Å². The minimum Gasteiger partial charge on any atom is -0.298 e. The predicted octanol–water partition coefficient (Wildman–Crippen LogP) is 4.48. The summed E-state index contributed by atoms with van der Waals surface area (Å²) in [5.41, 5.74) is 0.934. The van der Waals surface area contributed by atoms with E-state index in [1.54, 1.807) is 17.5 Å². The summed E-state index contributed by atoms with van der Waals surface area (Å²) in [6, 6.07) is 7.85. The van der Waals surface area contributed by atoms with Gasteiger partial charge in [-0.3, -0.25) is 4.40 Å². The van der Waals surface area contributed by atoms with E-state index in [2.05, 4.69) is 20.9 Å². The van der Waals surface area contributed by atoms with E-state index in [0.717, 1.165) is 25.0 Å². The molecule has 0 fully saturated rings. The van der Waals surface area contributed by atoms with E-state index in [1.807, 2.05) is 34.9 Å². The van der Waals surface area contributed by atoms with Gasteiger partial charge in [0.05, 0.1) is 25.4 Å². The van der Waals surface area contributed by atoms with E-state index in [4.69, 9.17) is 11.6 Å². The molecule has 5 heteroatoms. The lowest BCUT2D eigenvalue weighted by Crippen LogP contribution is -1.86. The highest BCUT2D eigenvalue weighted by Gasteiger charge is 2.09. The molecule has 0 amide bonds. The molecule has 0 aliphatic rings. The van der Waals surface area contributed by atoms with E-state index in [-0.39, 0.29) is 0 Å². The Morgan fingerprint density at radius 1 is 1.31 bits per heavy atom. The standard InChI is InChI=1S/C11H6BrClN2S/c12-10-4-3-9(16-10)11-14-6-8-7(13)2-1-5-15(8)11/h1-6H. The lowest BCUT2D eigenvalue weighted by atomic mass is 10.4. The van der Waals surface area contributed by atoms with Gasteiger partial charge in [0.15, 0.2) is 5.82 Å². The van der Waals surface area contributed by atoms with Gasteiger partial charge in [-0.2, -0.15) is 0 Å². The highest BCUT2D eigenvalue weighted by molar-refractivity contribution is 9.11. The molecule has 0 aliphatic carbocycles. The second-order valence-corrected chi connectivity index (χ2v) is 6.17. The SMILES string of the molecule is Clc1cccn2c(-c3ccc(Br)s3)ncc12. The van der Waals surface area contributed by atoms with E-state index < -0.39 is 0 Å². The largest absolute Gasteiger partial charge is 0.298 e. The van der Waals surface area contributed by atoms with Crippen molar-refractivity contribution in [2.45, 2.75) is 0 Å². The van der Waals surface area contributed by atoms with Gasteiger partial charge in [0.25, 0.3) is 0 Å². The van der Waals surface area contributed by atoms with Gasteiger partial charge < -0.3 is 0 Å². The summed E-state index contributed by atoms with van der Waals surface area (Å²) >= 11 is 11.2. The van der Waals surface area contributed by atoms with Crippen molar-refractivity contribution in [3.8, 4) is 10.7 Å². The lowest BCUT2D eigenvalue weighted by molar-refractivity contribution is 1.17.